The molecule has 0 aromatic heterocycles. The fourth-order valence-corrected chi connectivity index (χ4v) is 3.79. The number of carbonyl (C=O) groups excluding carboxylic acids is 3. The summed E-state index contributed by atoms with van der Waals surface area (Å²) >= 11 is 0. The van der Waals surface area contributed by atoms with Crippen molar-refractivity contribution in [2.75, 3.05) is 5.32 Å². The third-order valence-electron chi connectivity index (χ3n) is 5.17. The fourth-order valence-electron chi connectivity index (χ4n) is 3.79. The Balaban J connectivity index is 1.56. The molecule has 0 saturated carbocycles. The van der Waals surface area contributed by atoms with Gasteiger partial charge in [-0.3, -0.25) is 9.59 Å². The molecule has 0 fully saturated rings. The lowest BCUT2D eigenvalue weighted by Gasteiger charge is -2.28. The van der Waals surface area contributed by atoms with Crippen LogP contribution in [0.25, 0.3) is 0 Å². The maximum atomic E-state index is 13.1. The number of hydrogen-bond acceptors (Lipinski definition) is 4. The van der Waals surface area contributed by atoms with Crippen molar-refractivity contribution in [1.82, 2.24) is 4.90 Å². The number of nitrogens with one attached hydrogen (secondary N) is 1. The van der Waals surface area contributed by atoms with Crippen LogP contribution in [0.15, 0.2) is 42.5 Å². The normalized spacial score (nSPS) is 16.0. The zero-order valence-electron chi connectivity index (χ0n) is 15.9. The van der Waals surface area contributed by atoms with E-state index in [1.807, 2.05) is 32.0 Å². The summed E-state index contributed by atoms with van der Waals surface area (Å²) in [5.41, 5.74) is 3.49. The van der Waals surface area contributed by atoms with E-state index in [1.165, 1.54) is 0 Å². The summed E-state index contributed by atoms with van der Waals surface area (Å²) < 4.78 is 5.01. The predicted octanol–water partition coefficient (Wildman–Crippen LogP) is 3.37. The van der Waals surface area contributed by atoms with Crippen LogP contribution in [-0.4, -0.2) is 28.7 Å². The number of amides is 2. The Bertz CT molecular complexity index is 967. The van der Waals surface area contributed by atoms with Gasteiger partial charge in [-0.2, -0.15) is 0 Å². The molecular weight excluding hydrogens is 356 g/mol. The summed E-state index contributed by atoms with van der Waals surface area (Å²) in [4.78, 5) is 39.2. The summed E-state index contributed by atoms with van der Waals surface area (Å²) in [6.07, 6.45) is 0.568. The van der Waals surface area contributed by atoms with Gasteiger partial charge in [0.25, 0.3) is 5.91 Å². The monoisotopic (exact) mass is 378 g/mol. The molecule has 2 aromatic carbocycles. The van der Waals surface area contributed by atoms with E-state index in [0.29, 0.717) is 29.8 Å². The van der Waals surface area contributed by atoms with Crippen molar-refractivity contribution in [3.63, 3.8) is 0 Å². The standard InChI is InChI=1S/C22H22N2O4/c1-13(2)9-19(24-11-14-5-3-4-6-17(14)21(24)26)20(25)23-16-7-8-18-15(10-16)12-28-22(18)27/h3-8,10,13,19H,9,11-12H2,1-2H3,(H,23,25)/t19-/m0/s1. The quantitative estimate of drug-likeness (QED) is 0.810. The molecule has 0 unspecified atom stereocenters. The minimum Gasteiger partial charge on any atom is -0.457 e. The third-order valence-corrected chi connectivity index (χ3v) is 5.17. The van der Waals surface area contributed by atoms with Crippen molar-refractivity contribution in [1.29, 1.82) is 0 Å². The Kier molecular flexibility index (Phi) is 4.63. The molecule has 2 aliphatic heterocycles. The number of anilines is 1. The first-order valence-electron chi connectivity index (χ1n) is 9.44. The van der Waals surface area contributed by atoms with Gasteiger partial charge >= 0.3 is 5.97 Å². The van der Waals surface area contributed by atoms with Gasteiger partial charge in [-0.1, -0.05) is 32.0 Å². The van der Waals surface area contributed by atoms with E-state index in [2.05, 4.69) is 5.32 Å². The van der Waals surface area contributed by atoms with Gasteiger partial charge in [-0.25, -0.2) is 4.79 Å². The molecule has 0 bridgehead atoms. The Morgan fingerprint density at radius 3 is 2.64 bits per heavy atom. The predicted molar refractivity (Wildman–Crippen MR) is 104 cm³/mol. The SMILES string of the molecule is CC(C)C[C@@H](C(=O)Nc1ccc2c(c1)COC2=O)N1Cc2ccccc2C1=O. The smallest absolute Gasteiger partial charge is 0.338 e. The largest absolute Gasteiger partial charge is 0.457 e. The number of nitrogens with zero attached hydrogens (tertiary/aromatic N) is 1. The molecule has 2 aromatic rings. The number of hydrogen-bond donors (Lipinski definition) is 1. The van der Waals surface area contributed by atoms with Crippen molar-refractivity contribution in [2.24, 2.45) is 5.92 Å². The zero-order chi connectivity index (χ0) is 19.8. The topological polar surface area (TPSA) is 75.7 Å². The lowest BCUT2D eigenvalue weighted by molar-refractivity contribution is -0.121. The maximum absolute atomic E-state index is 13.1. The van der Waals surface area contributed by atoms with Crippen molar-refractivity contribution in [2.45, 2.75) is 39.5 Å². The van der Waals surface area contributed by atoms with E-state index >= 15 is 0 Å². The third kappa shape index (κ3) is 3.26. The second-order valence-electron chi connectivity index (χ2n) is 7.67. The molecule has 0 aliphatic carbocycles. The van der Waals surface area contributed by atoms with Crippen molar-refractivity contribution in [3.05, 3.63) is 64.7 Å². The van der Waals surface area contributed by atoms with Gasteiger partial charge in [-0.05, 0) is 42.2 Å². The molecule has 0 spiro atoms. The van der Waals surface area contributed by atoms with E-state index in [4.69, 9.17) is 4.74 Å². The summed E-state index contributed by atoms with van der Waals surface area (Å²) in [7, 11) is 0. The molecule has 2 amide bonds. The highest BCUT2D eigenvalue weighted by Gasteiger charge is 2.36. The summed E-state index contributed by atoms with van der Waals surface area (Å²) in [5.74, 6) is -0.423. The minimum absolute atomic E-state index is 0.107. The van der Waals surface area contributed by atoms with Crippen LogP contribution >= 0.6 is 0 Å². The summed E-state index contributed by atoms with van der Waals surface area (Å²) in [5, 5.41) is 2.92. The highest BCUT2D eigenvalue weighted by atomic mass is 16.5. The number of esters is 1. The molecule has 1 atom stereocenters. The van der Waals surface area contributed by atoms with Gasteiger partial charge in [0.2, 0.25) is 5.91 Å². The van der Waals surface area contributed by atoms with Gasteiger partial charge in [0.05, 0.1) is 5.56 Å². The average Bonchev–Trinajstić information content (AvgIpc) is 3.20. The molecule has 144 valence electrons. The van der Waals surface area contributed by atoms with Crippen molar-refractivity contribution in [3.8, 4) is 0 Å². The van der Waals surface area contributed by atoms with Gasteiger partial charge in [0.15, 0.2) is 0 Å². The molecule has 2 heterocycles. The van der Waals surface area contributed by atoms with Crippen molar-refractivity contribution >= 4 is 23.5 Å². The fraction of sp³-hybridized carbons (Fsp3) is 0.318. The van der Waals surface area contributed by atoms with Crippen LogP contribution < -0.4 is 5.32 Å². The molecule has 2 aliphatic rings. The Labute approximate surface area is 163 Å². The van der Waals surface area contributed by atoms with Gasteiger partial charge < -0.3 is 15.0 Å². The average molecular weight is 378 g/mol. The van der Waals surface area contributed by atoms with E-state index in [0.717, 1.165) is 11.1 Å². The van der Waals surface area contributed by atoms with Crippen LogP contribution in [-0.2, 0) is 22.7 Å². The molecule has 1 N–H and O–H groups in total. The lowest BCUT2D eigenvalue weighted by atomic mass is 10.0. The molecule has 0 radical (unpaired) electrons. The molecule has 4 rings (SSSR count). The highest BCUT2D eigenvalue weighted by Crippen LogP contribution is 2.28. The van der Waals surface area contributed by atoms with E-state index in [-0.39, 0.29) is 30.3 Å². The van der Waals surface area contributed by atoms with E-state index in [9.17, 15) is 14.4 Å². The highest BCUT2D eigenvalue weighted by molar-refractivity contribution is 6.04. The number of carbonyl (C=O) groups is 3. The van der Waals surface area contributed by atoms with Gasteiger partial charge in [0, 0.05) is 23.4 Å². The number of fused-ring (bicyclic) bond motifs is 2. The molecule has 28 heavy (non-hydrogen) atoms. The first-order valence-corrected chi connectivity index (χ1v) is 9.44. The first-order chi connectivity index (χ1) is 13.4. The molecule has 6 nitrogen and oxygen atoms in total. The lowest BCUT2D eigenvalue weighted by Crippen LogP contribution is -2.45. The second kappa shape index (κ2) is 7.11. The Morgan fingerprint density at radius 1 is 1.11 bits per heavy atom. The van der Waals surface area contributed by atoms with E-state index < -0.39 is 6.04 Å². The number of benzene rings is 2. The van der Waals surface area contributed by atoms with Crippen LogP contribution in [0.2, 0.25) is 0 Å². The van der Waals surface area contributed by atoms with Crippen LogP contribution in [0.3, 0.4) is 0 Å². The molecular formula is C22H22N2O4. The Morgan fingerprint density at radius 2 is 1.89 bits per heavy atom. The zero-order valence-corrected chi connectivity index (χ0v) is 15.9. The number of rotatable bonds is 5. The summed E-state index contributed by atoms with van der Waals surface area (Å²) in [6.45, 7) is 4.72. The summed E-state index contributed by atoms with van der Waals surface area (Å²) in [6, 6.07) is 12.0. The molecule has 0 saturated heterocycles. The van der Waals surface area contributed by atoms with Gasteiger partial charge in [0.1, 0.15) is 12.6 Å². The van der Waals surface area contributed by atoms with Crippen molar-refractivity contribution < 1.29 is 19.1 Å². The number of cyclic esters (lactones) is 1. The van der Waals surface area contributed by atoms with Crippen LogP contribution in [0.4, 0.5) is 5.69 Å². The second-order valence-corrected chi connectivity index (χ2v) is 7.67. The van der Waals surface area contributed by atoms with Crippen LogP contribution in [0.1, 0.15) is 52.1 Å². The maximum Gasteiger partial charge on any atom is 0.338 e. The van der Waals surface area contributed by atoms with Gasteiger partial charge in [-0.15, -0.1) is 0 Å². The first kappa shape index (κ1) is 18.2. The van der Waals surface area contributed by atoms with Crippen LogP contribution in [0, 0.1) is 5.92 Å². The number of ether oxygens (including phenoxy) is 1. The molecule has 6 heteroatoms. The Hall–Kier alpha value is -3.15. The van der Waals surface area contributed by atoms with Crippen LogP contribution in [0.5, 0.6) is 0 Å². The van der Waals surface area contributed by atoms with E-state index in [1.54, 1.807) is 29.2 Å². The minimum atomic E-state index is -0.564.